The summed E-state index contributed by atoms with van der Waals surface area (Å²) in [6, 6.07) is 14.7. The summed E-state index contributed by atoms with van der Waals surface area (Å²) < 4.78 is 5.93. The second-order valence-electron chi connectivity index (χ2n) is 9.00. The fourth-order valence-electron chi connectivity index (χ4n) is 3.73. The van der Waals surface area contributed by atoms with Crippen molar-refractivity contribution in [2.75, 3.05) is 0 Å². The average molecular weight is 380 g/mol. The van der Waals surface area contributed by atoms with E-state index in [4.69, 9.17) is 4.74 Å². The molecule has 0 heterocycles. The van der Waals surface area contributed by atoms with Crippen molar-refractivity contribution in [1.29, 1.82) is 0 Å². The summed E-state index contributed by atoms with van der Waals surface area (Å²) >= 11 is 0. The Balaban J connectivity index is 1.59. The molecule has 1 aliphatic rings. The molecule has 2 atom stereocenters. The van der Waals surface area contributed by atoms with Gasteiger partial charge in [0.05, 0.1) is 6.04 Å². The molecule has 0 aromatic heterocycles. The fourth-order valence-corrected chi connectivity index (χ4v) is 3.73. The molecule has 1 amide bonds. The number of carbonyl (C=O) groups excluding carboxylic acids is 1. The number of ether oxygens (including phenoxy) is 1. The van der Waals surface area contributed by atoms with E-state index in [-0.39, 0.29) is 17.4 Å². The van der Waals surface area contributed by atoms with Crippen molar-refractivity contribution in [2.24, 2.45) is 0 Å². The maximum atomic E-state index is 12.6. The lowest BCUT2D eigenvalue weighted by molar-refractivity contribution is -0.127. The number of carbonyl (C=O) groups is 1. The highest BCUT2D eigenvalue weighted by molar-refractivity contribution is 5.81. The van der Waals surface area contributed by atoms with Crippen LogP contribution in [0.5, 0.6) is 5.75 Å². The third-order valence-electron chi connectivity index (χ3n) is 5.64. The first-order valence-corrected chi connectivity index (χ1v) is 10.4. The third-order valence-corrected chi connectivity index (χ3v) is 5.64. The van der Waals surface area contributed by atoms with Crippen molar-refractivity contribution in [3.05, 3.63) is 64.7 Å². The zero-order valence-electron chi connectivity index (χ0n) is 17.8. The zero-order chi connectivity index (χ0) is 20.3. The standard InChI is InChI=1S/C25H33NO2/c1-17(19-10-13-22(14-11-19)25(3,4)5)26-24(27)18(2)28-23-15-12-20-8-6-7-9-21(20)16-23/h10-18H,6-9H2,1-5H3,(H,26,27)/t17-,18-/m1/s1. The van der Waals surface area contributed by atoms with Gasteiger partial charge < -0.3 is 10.1 Å². The minimum Gasteiger partial charge on any atom is -0.481 e. The maximum Gasteiger partial charge on any atom is 0.261 e. The van der Waals surface area contributed by atoms with Crippen LogP contribution in [-0.4, -0.2) is 12.0 Å². The first-order valence-electron chi connectivity index (χ1n) is 10.4. The van der Waals surface area contributed by atoms with Crippen molar-refractivity contribution in [3.8, 4) is 5.75 Å². The summed E-state index contributed by atoms with van der Waals surface area (Å²) in [5.74, 6) is 0.690. The van der Waals surface area contributed by atoms with Crippen molar-refractivity contribution in [2.45, 2.75) is 77.9 Å². The second kappa shape index (κ2) is 8.38. The van der Waals surface area contributed by atoms with Crippen LogP contribution in [0.3, 0.4) is 0 Å². The summed E-state index contributed by atoms with van der Waals surface area (Å²) in [4.78, 5) is 12.6. The van der Waals surface area contributed by atoms with Gasteiger partial charge in [-0.3, -0.25) is 4.79 Å². The zero-order valence-corrected chi connectivity index (χ0v) is 17.8. The normalized spacial score (nSPS) is 16.0. The van der Waals surface area contributed by atoms with E-state index < -0.39 is 6.10 Å². The predicted molar refractivity (Wildman–Crippen MR) is 115 cm³/mol. The lowest BCUT2D eigenvalue weighted by Gasteiger charge is -2.22. The smallest absolute Gasteiger partial charge is 0.261 e. The molecule has 28 heavy (non-hydrogen) atoms. The Labute approximate surface area is 169 Å². The Kier molecular flexibility index (Phi) is 6.12. The predicted octanol–water partition coefficient (Wildman–Crippen LogP) is 5.51. The number of nitrogens with one attached hydrogen (secondary N) is 1. The van der Waals surface area contributed by atoms with E-state index in [1.54, 1.807) is 0 Å². The Morgan fingerprint density at radius 1 is 0.964 bits per heavy atom. The van der Waals surface area contributed by atoms with Crippen LogP contribution in [-0.2, 0) is 23.1 Å². The molecule has 0 bridgehead atoms. The highest BCUT2D eigenvalue weighted by Gasteiger charge is 2.19. The number of aryl methyl sites for hydroxylation is 2. The number of benzene rings is 2. The van der Waals surface area contributed by atoms with Crippen LogP contribution in [0.2, 0.25) is 0 Å². The molecule has 0 saturated carbocycles. The Morgan fingerprint density at radius 2 is 1.61 bits per heavy atom. The molecule has 2 aromatic carbocycles. The molecule has 0 saturated heterocycles. The first-order chi connectivity index (χ1) is 13.2. The van der Waals surface area contributed by atoms with E-state index in [9.17, 15) is 4.79 Å². The van der Waals surface area contributed by atoms with Crippen LogP contribution in [0.15, 0.2) is 42.5 Å². The van der Waals surface area contributed by atoms with E-state index in [2.05, 4.69) is 62.5 Å². The van der Waals surface area contributed by atoms with Gasteiger partial charge in [-0.2, -0.15) is 0 Å². The number of hydrogen-bond acceptors (Lipinski definition) is 2. The van der Waals surface area contributed by atoms with E-state index in [0.717, 1.165) is 24.2 Å². The molecule has 0 spiro atoms. The van der Waals surface area contributed by atoms with Crippen LogP contribution < -0.4 is 10.1 Å². The van der Waals surface area contributed by atoms with Crippen molar-refractivity contribution in [3.63, 3.8) is 0 Å². The van der Waals surface area contributed by atoms with Crippen LogP contribution in [0.4, 0.5) is 0 Å². The monoisotopic (exact) mass is 379 g/mol. The van der Waals surface area contributed by atoms with Gasteiger partial charge in [0.1, 0.15) is 5.75 Å². The van der Waals surface area contributed by atoms with Crippen LogP contribution in [0, 0.1) is 0 Å². The Morgan fingerprint density at radius 3 is 2.25 bits per heavy atom. The van der Waals surface area contributed by atoms with Crippen molar-refractivity contribution in [1.82, 2.24) is 5.32 Å². The van der Waals surface area contributed by atoms with Crippen LogP contribution in [0.1, 0.15) is 75.8 Å². The molecule has 1 aliphatic carbocycles. The minimum atomic E-state index is -0.530. The molecule has 2 aromatic rings. The van der Waals surface area contributed by atoms with Gasteiger partial charge in [0, 0.05) is 0 Å². The Bertz CT molecular complexity index is 817. The number of amides is 1. The molecule has 0 unspecified atom stereocenters. The largest absolute Gasteiger partial charge is 0.481 e. The summed E-state index contributed by atoms with van der Waals surface area (Å²) in [5.41, 5.74) is 5.30. The molecule has 3 nitrogen and oxygen atoms in total. The van der Waals surface area contributed by atoms with Gasteiger partial charge in [0.15, 0.2) is 6.10 Å². The summed E-state index contributed by atoms with van der Waals surface area (Å²) in [5, 5.41) is 3.07. The molecule has 0 aliphatic heterocycles. The molecular formula is C25H33NO2. The SMILES string of the molecule is C[C@@H](Oc1ccc2c(c1)CCCC2)C(=O)N[C@H](C)c1ccc(C(C)(C)C)cc1. The van der Waals surface area contributed by atoms with Crippen LogP contribution in [0.25, 0.3) is 0 Å². The lowest BCUT2D eigenvalue weighted by atomic mass is 9.86. The van der Waals surface area contributed by atoms with Gasteiger partial charge in [-0.1, -0.05) is 51.1 Å². The lowest BCUT2D eigenvalue weighted by Crippen LogP contribution is -2.37. The number of hydrogen-bond donors (Lipinski definition) is 1. The molecular weight excluding hydrogens is 346 g/mol. The van der Waals surface area contributed by atoms with E-state index >= 15 is 0 Å². The average Bonchev–Trinajstić information content (AvgIpc) is 2.67. The summed E-state index contributed by atoms with van der Waals surface area (Å²) in [6.45, 7) is 10.4. The molecule has 0 fully saturated rings. The third kappa shape index (κ3) is 4.95. The highest BCUT2D eigenvalue weighted by atomic mass is 16.5. The molecule has 3 rings (SSSR count). The van der Waals surface area contributed by atoms with Crippen LogP contribution >= 0.6 is 0 Å². The van der Waals surface area contributed by atoms with Gasteiger partial charge in [-0.05, 0) is 79.3 Å². The number of fused-ring (bicyclic) bond motifs is 1. The summed E-state index contributed by atoms with van der Waals surface area (Å²) in [6.07, 6.45) is 4.22. The first kappa shape index (κ1) is 20.4. The van der Waals surface area contributed by atoms with Gasteiger partial charge >= 0.3 is 0 Å². The van der Waals surface area contributed by atoms with Gasteiger partial charge in [-0.25, -0.2) is 0 Å². The van der Waals surface area contributed by atoms with Crippen molar-refractivity contribution >= 4 is 5.91 Å². The van der Waals surface area contributed by atoms with E-state index in [1.807, 2.05) is 19.9 Å². The second-order valence-corrected chi connectivity index (χ2v) is 9.00. The molecule has 1 N–H and O–H groups in total. The maximum absolute atomic E-state index is 12.6. The molecule has 3 heteroatoms. The van der Waals surface area contributed by atoms with Gasteiger partial charge in [0.2, 0.25) is 0 Å². The minimum absolute atomic E-state index is 0.0592. The fraction of sp³-hybridized carbons (Fsp3) is 0.480. The topological polar surface area (TPSA) is 38.3 Å². The van der Waals surface area contributed by atoms with E-state index in [1.165, 1.54) is 29.5 Å². The molecule has 0 radical (unpaired) electrons. The quantitative estimate of drug-likeness (QED) is 0.744. The summed E-state index contributed by atoms with van der Waals surface area (Å²) in [7, 11) is 0. The van der Waals surface area contributed by atoms with Gasteiger partial charge in [-0.15, -0.1) is 0 Å². The highest BCUT2D eigenvalue weighted by Crippen LogP contribution is 2.26. The van der Waals surface area contributed by atoms with Crippen molar-refractivity contribution < 1.29 is 9.53 Å². The Hall–Kier alpha value is -2.29. The molecule has 150 valence electrons. The van der Waals surface area contributed by atoms with E-state index in [0.29, 0.717) is 0 Å². The van der Waals surface area contributed by atoms with Gasteiger partial charge in [0.25, 0.3) is 5.91 Å². The number of rotatable bonds is 5.